The van der Waals surface area contributed by atoms with Crippen LogP contribution in [-0.2, 0) is 19.1 Å². The van der Waals surface area contributed by atoms with Crippen LogP contribution < -0.4 is 0 Å². The van der Waals surface area contributed by atoms with Crippen molar-refractivity contribution in [2.45, 2.75) is 27.7 Å². The average Bonchev–Trinajstić information content (AvgIpc) is 2.60. The molecule has 1 aromatic rings. The van der Waals surface area contributed by atoms with Crippen LogP contribution in [-0.4, -0.2) is 25.2 Å². The van der Waals surface area contributed by atoms with Crippen LogP contribution in [0.1, 0.15) is 36.1 Å². The van der Waals surface area contributed by atoms with E-state index in [1.165, 1.54) is 12.2 Å². The molecule has 26 heavy (non-hydrogen) atoms. The number of aryl methyl sites for hydroxylation is 2. The molecule has 134 valence electrons. The maximum atomic E-state index is 11.8. The molecule has 1 aromatic carbocycles. The molecule has 6 nitrogen and oxygen atoms in total. The molecule has 0 N–H and O–H groups in total. The summed E-state index contributed by atoms with van der Waals surface area (Å²) in [6.45, 7) is 7.31. The molecule has 0 saturated carbocycles. The molecular formula is C20H20N2O4. The summed E-state index contributed by atoms with van der Waals surface area (Å²) >= 11 is 0. The Morgan fingerprint density at radius 3 is 1.50 bits per heavy atom. The second-order valence-electron chi connectivity index (χ2n) is 5.35. The van der Waals surface area contributed by atoms with E-state index in [-0.39, 0.29) is 24.4 Å². The minimum atomic E-state index is -0.676. The lowest BCUT2D eigenvalue weighted by Crippen LogP contribution is -2.07. The fraction of sp³-hybridized carbons (Fsp3) is 0.300. The summed E-state index contributed by atoms with van der Waals surface area (Å²) in [7, 11) is 0. The molecule has 0 bridgehead atoms. The number of hydrogen-bond donors (Lipinski definition) is 0. The highest BCUT2D eigenvalue weighted by atomic mass is 16.5. The van der Waals surface area contributed by atoms with Gasteiger partial charge >= 0.3 is 11.9 Å². The van der Waals surface area contributed by atoms with E-state index in [0.29, 0.717) is 11.1 Å². The van der Waals surface area contributed by atoms with Crippen LogP contribution in [0.4, 0.5) is 0 Å². The first kappa shape index (κ1) is 20.7. The minimum Gasteiger partial charge on any atom is -0.462 e. The van der Waals surface area contributed by atoms with Crippen LogP contribution in [0, 0.1) is 36.5 Å². The van der Waals surface area contributed by atoms with Crippen molar-refractivity contribution in [3.05, 3.63) is 45.5 Å². The molecule has 0 aliphatic rings. The van der Waals surface area contributed by atoms with Gasteiger partial charge in [0.15, 0.2) is 0 Å². The normalized spacial score (nSPS) is 11.3. The Bertz CT molecular complexity index is 780. The smallest absolute Gasteiger partial charge is 0.348 e. The molecule has 1 rings (SSSR count). The van der Waals surface area contributed by atoms with Crippen LogP contribution in [0.25, 0.3) is 12.2 Å². The molecule has 0 radical (unpaired) electrons. The van der Waals surface area contributed by atoms with E-state index in [2.05, 4.69) is 0 Å². The number of hydrogen-bond acceptors (Lipinski definition) is 6. The molecule has 0 aliphatic heterocycles. The Balaban J connectivity index is 3.32. The molecule has 0 unspecified atom stereocenters. The second-order valence-corrected chi connectivity index (χ2v) is 5.35. The van der Waals surface area contributed by atoms with E-state index < -0.39 is 11.9 Å². The Labute approximate surface area is 152 Å². The van der Waals surface area contributed by atoms with Crippen molar-refractivity contribution in [1.29, 1.82) is 10.5 Å². The predicted octanol–water partition coefficient (Wildman–Crippen LogP) is 3.24. The van der Waals surface area contributed by atoms with Gasteiger partial charge in [-0.25, -0.2) is 9.59 Å². The van der Waals surface area contributed by atoms with Crippen LogP contribution in [0.2, 0.25) is 0 Å². The van der Waals surface area contributed by atoms with Gasteiger partial charge in [0.25, 0.3) is 0 Å². The summed E-state index contributed by atoms with van der Waals surface area (Å²) in [4.78, 5) is 23.5. The SMILES string of the molecule is CCOC(=O)/C(C#N)=C\c1cc(C)c(/C=C(\C#N)C(=O)OCC)cc1C. The summed E-state index contributed by atoms with van der Waals surface area (Å²) in [6, 6.07) is 7.23. The zero-order valence-electron chi connectivity index (χ0n) is 15.3. The van der Waals surface area contributed by atoms with E-state index in [9.17, 15) is 9.59 Å². The molecular weight excluding hydrogens is 332 g/mol. The number of rotatable bonds is 6. The monoisotopic (exact) mass is 352 g/mol. The lowest BCUT2D eigenvalue weighted by molar-refractivity contribution is -0.138. The first-order valence-corrected chi connectivity index (χ1v) is 8.06. The van der Waals surface area contributed by atoms with Gasteiger partial charge in [-0.2, -0.15) is 10.5 Å². The zero-order chi connectivity index (χ0) is 19.7. The van der Waals surface area contributed by atoms with Gasteiger partial charge in [-0.15, -0.1) is 0 Å². The van der Waals surface area contributed by atoms with E-state index in [1.807, 2.05) is 12.1 Å². The fourth-order valence-corrected chi connectivity index (χ4v) is 2.17. The molecule has 0 fully saturated rings. The van der Waals surface area contributed by atoms with Crippen LogP contribution in [0.5, 0.6) is 0 Å². The first-order valence-electron chi connectivity index (χ1n) is 8.06. The third-order valence-electron chi connectivity index (χ3n) is 3.49. The molecule has 0 aliphatic carbocycles. The predicted molar refractivity (Wildman–Crippen MR) is 96.4 cm³/mol. The van der Waals surface area contributed by atoms with Gasteiger partial charge in [0, 0.05) is 0 Å². The fourth-order valence-electron chi connectivity index (χ4n) is 2.17. The topological polar surface area (TPSA) is 100 Å². The van der Waals surface area contributed by atoms with Gasteiger partial charge in [-0.3, -0.25) is 0 Å². The van der Waals surface area contributed by atoms with Gasteiger partial charge in [-0.1, -0.05) is 12.1 Å². The summed E-state index contributed by atoms with van der Waals surface area (Å²) in [5.74, 6) is -1.35. The number of carbonyl (C=O) groups is 2. The lowest BCUT2D eigenvalue weighted by atomic mass is 9.97. The Morgan fingerprint density at radius 2 is 1.23 bits per heavy atom. The van der Waals surface area contributed by atoms with Crippen molar-refractivity contribution < 1.29 is 19.1 Å². The van der Waals surface area contributed by atoms with Gasteiger partial charge in [-0.05, 0) is 62.1 Å². The zero-order valence-corrected chi connectivity index (χ0v) is 15.3. The molecule has 0 atom stereocenters. The number of esters is 2. The van der Waals surface area contributed by atoms with Gasteiger partial charge in [0.05, 0.1) is 13.2 Å². The molecule has 0 amide bonds. The molecule has 0 aromatic heterocycles. The van der Waals surface area contributed by atoms with Crippen molar-refractivity contribution in [2.24, 2.45) is 0 Å². The summed E-state index contributed by atoms with van der Waals surface area (Å²) in [6.07, 6.45) is 2.93. The maximum absolute atomic E-state index is 11.8. The van der Waals surface area contributed by atoms with Gasteiger partial charge < -0.3 is 9.47 Å². The highest BCUT2D eigenvalue weighted by molar-refractivity contribution is 5.99. The van der Waals surface area contributed by atoms with Crippen LogP contribution in [0.3, 0.4) is 0 Å². The average molecular weight is 352 g/mol. The van der Waals surface area contributed by atoms with Crippen LogP contribution in [0.15, 0.2) is 23.3 Å². The number of nitriles is 2. The van der Waals surface area contributed by atoms with Crippen molar-refractivity contribution in [2.75, 3.05) is 13.2 Å². The lowest BCUT2D eigenvalue weighted by Gasteiger charge is -2.08. The van der Waals surface area contributed by atoms with E-state index in [0.717, 1.165) is 11.1 Å². The third kappa shape index (κ3) is 5.32. The Kier molecular flexibility index (Phi) is 7.79. The van der Waals surface area contributed by atoms with Crippen molar-refractivity contribution in [3.63, 3.8) is 0 Å². The molecule has 0 spiro atoms. The highest BCUT2D eigenvalue weighted by Gasteiger charge is 2.13. The van der Waals surface area contributed by atoms with Gasteiger partial charge in [0.2, 0.25) is 0 Å². The second kappa shape index (κ2) is 9.80. The van der Waals surface area contributed by atoms with E-state index >= 15 is 0 Å². The maximum Gasteiger partial charge on any atom is 0.348 e. The Hall–Kier alpha value is -3.38. The van der Waals surface area contributed by atoms with Crippen molar-refractivity contribution in [3.8, 4) is 12.1 Å². The number of ether oxygens (including phenoxy) is 2. The summed E-state index contributed by atoms with van der Waals surface area (Å²) in [5, 5.41) is 18.3. The molecule has 6 heteroatoms. The van der Waals surface area contributed by atoms with Crippen LogP contribution >= 0.6 is 0 Å². The standard InChI is InChI=1S/C20H20N2O4/c1-5-25-19(23)17(11-21)9-15-7-14(4)16(8-13(15)3)10-18(12-22)20(24)26-6-2/h7-10H,5-6H2,1-4H3/b17-9-,18-10+. The minimum absolute atomic E-state index is 0.0955. The summed E-state index contributed by atoms with van der Waals surface area (Å²) < 4.78 is 9.70. The largest absolute Gasteiger partial charge is 0.462 e. The van der Waals surface area contributed by atoms with E-state index in [1.54, 1.807) is 39.8 Å². The van der Waals surface area contributed by atoms with E-state index in [4.69, 9.17) is 20.0 Å². The van der Waals surface area contributed by atoms with Gasteiger partial charge in [0.1, 0.15) is 23.3 Å². The molecule has 0 heterocycles. The highest BCUT2D eigenvalue weighted by Crippen LogP contribution is 2.21. The Morgan fingerprint density at radius 1 is 0.885 bits per heavy atom. The quantitative estimate of drug-likeness (QED) is 0.442. The van der Waals surface area contributed by atoms with Crippen molar-refractivity contribution in [1.82, 2.24) is 0 Å². The summed E-state index contributed by atoms with van der Waals surface area (Å²) in [5.41, 5.74) is 2.72. The number of nitrogens with zero attached hydrogens (tertiary/aromatic N) is 2. The third-order valence-corrected chi connectivity index (χ3v) is 3.49. The van der Waals surface area contributed by atoms with Crippen molar-refractivity contribution >= 4 is 24.1 Å². The number of carbonyl (C=O) groups excluding carboxylic acids is 2. The number of benzene rings is 1. The molecule has 0 saturated heterocycles. The first-order chi connectivity index (χ1) is 12.4.